The molecule has 0 rings (SSSR count). The standard InChI is InChI=1S/C9H18/c1-6-8(2)7-9(3,4)5/h6,8H,3,7H2,1-2,4-5H3. The summed E-state index contributed by atoms with van der Waals surface area (Å²) in [6, 6.07) is 0. The van der Waals surface area contributed by atoms with Crippen molar-refractivity contribution in [3.63, 3.8) is 0 Å². The molecule has 0 aliphatic heterocycles. The first-order valence-corrected chi connectivity index (χ1v) is 3.60. The van der Waals surface area contributed by atoms with Crippen LogP contribution in [0.25, 0.3) is 0 Å². The van der Waals surface area contributed by atoms with E-state index in [2.05, 4.69) is 41.0 Å². The highest BCUT2D eigenvalue weighted by Gasteiger charge is 2.13. The summed E-state index contributed by atoms with van der Waals surface area (Å²) in [7, 11) is 0. The van der Waals surface area contributed by atoms with Gasteiger partial charge in [-0.3, -0.25) is 0 Å². The van der Waals surface area contributed by atoms with Crippen molar-refractivity contribution >= 4 is 0 Å². The summed E-state index contributed by atoms with van der Waals surface area (Å²) in [6.45, 7) is 12.7. The fourth-order valence-corrected chi connectivity index (χ4v) is 0.989. The zero-order valence-electron chi connectivity index (χ0n) is 7.07. The van der Waals surface area contributed by atoms with Gasteiger partial charge in [0.05, 0.1) is 0 Å². The molecule has 0 fully saturated rings. The highest BCUT2D eigenvalue weighted by molar-refractivity contribution is 4.78. The molecule has 1 unspecified atom stereocenters. The molecular formula is C9H18. The molecule has 9 heavy (non-hydrogen) atoms. The third-order valence-electron chi connectivity index (χ3n) is 1.44. The van der Waals surface area contributed by atoms with E-state index < -0.39 is 0 Å². The van der Waals surface area contributed by atoms with Crippen LogP contribution in [-0.4, -0.2) is 0 Å². The zero-order chi connectivity index (χ0) is 7.49. The first kappa shape index (κ1) is 9.00. The molecule has 0 N–H and O–H groups in total. The van der Waals surface area contributed by atoms with Crippen molar-refractivity contribution < 1.29 is 0 Å². The fraction of sp³-hybridized carbons (Fsp3) is 0.778. The van der Waals surface area contributed by atoms with Crippen molar-refractivity contribution in [2.75, 3.05) is 0 Å². The molecule has 0 aromatic rings. The van der Waals surface area contributed by atoms with Crippen LogP contribution in [-0.2, 0) is 0 Å². The lowest BCUT2D eigenvalue weighted by molar-refractivity contribution is 0.371. The minimum absolute atomic E-state index is 0.242. The average molecular weight is 126 g/mol. The molecule has 0 saturated carbocycles. The van der Waals surface area contributed by atoms with E-state index in [0.29, 0.717) is 5.92 Å². The summed E-state index contributed by atoms with van der Waals surface area (Å²) in [6.07, 6.45) is 3.41. The second kappa shape index (κ2) is 3.24. The van der Waals surface area contributed by atoms with E-state index in [1.54, 1.807) is 0 Å². The molecule has 0 nitrogen and oxygen atoms in total. The van der Waals surface area contributed by atoms with Gasteiger partial charge in [-0.15, -0.1) is 0 Å². The van der Waals surface area contributed by atoms with Gasteiger partial charge in [0.15, 0.2) is 0 Å². The van der Waals surface area contributed by atoms with Gasteiger partial charge in [-0.2, -0.15) is 0 Å². The van der Waals surface area contributed by atoms with Gasteiger partial charge in [-0.05, 0) is 31.1 Å². The molecule has 0 heterocycles. The van der Waals surface area contributed by atoms with E-state index in [4.69, 9.17) is 0 Å². The van der Waals surface area contributed by atoms with Gasteiger partial charge < -0.3 is 0 Å². The molecule has 1 atom stereocenters. The summed E-state index contributed by atoms with van der Waals surface area (Å²) in [5.74, 6) is 0.706. The van der Waals surface area contributed by atoms with Crippen molar-refractivity contribution in [1.82, 2.24) is 0 Å². The fourth-order valence-electron chi connectivity index (χ4n) is 0.989. The topological polar surface area (TPSA) is 0 Å². The largest absolute Gasteiger partial charge is 0.0622 e. The molecule has 2 radical (unpaired) electrons. The summed E-state index contributed by atoms with van der Waals surface area (Å²) in [4.78, 5) is 0. The van der Waals surface area contributed by atoms with Crippen LogP contribution in [0.1, 0.15) is 34.1 Å². The smallest absolute Gasteiger partial charge is 0.0351 e. The van der Waals surface area contributed by atoms with E-state index in [9.17, 15) is 0 Å². The maximum absolute atomic E-state index is 4.04. The van der Waals surface area contributed by atoms with Gasteiger partial charge in [0, 0.05) is 0 Å². The SMILES string of the molecule is [CH2]C(C)(C)CC(C)[CH]C. The van der Waals surface area contributed by atoms with Crippen molar-refractivity contribution in [2.45, 2.75) is 34.1 Å². The predicted octanol–water partition coefficient (Wildman–Crippen LogP) is 3.10. The Morgan fingerprint density at radius 1 is 1.56 bits per heavy atom. The average Bonchev–Trinajstić information content (AvgIpc) is 1.62. The Morgan fingerprint density at radius 3 is 2.11 bits per heavy atom. The van der Waals surface area contributed by atoms with Crippen LogP contribution in [0.2, 0.25) is 0 Å². The van der Waals surface area contributed by atoms with Gasteiger partial charge in [-0.25, -0.2) is 0 Å². The van der Waals surface area contributed by atoms with Gasteiger partial charge in [0.1, 0.15) is 0 Å². The Kier molecular flexibility index (Phi) is 3.24. The van der Waals surface area contributed by atoms with Crippen molar-refractivity contribution in [1.29, 1.82) is 0 Å². The van der Waals surface area contributed by atoms with Crippen LogP contribution in [0, 0.1) is 24.7 Å². The Balaban J connectivity index is 3.47. The summed E-state index contributed by atoms with van der Waals surface area (Å²) in [5.41, 5.74) is 0.242. The van der Waals surface area contributed by atoms with Gasteiger partial charge >= 0.3 is 0 Å². The second-order valence-corrected chi connectivity index (χ2v) is 3.68. The lowest BCUT2D eigenvalue weighted by atomic mass is 9.84. The van der Waals surface area contributed by atoms with E-state index in [0.717, 1.165) is 0 Å². The second-order valence-electron chi connectivity index (χ2n) is 3.68. The zero-order valence-corrected chi connectivity index (χ0v) is 7.07. The summed E-state index contributed by atoms with van der Waals surface area (Å²) in [5, 5.41) is 0. The van der Waals surface area contributed by atoms with E-state index >= 15 is 0 Å². The monoisotopic (exact) mass is 126 g/mol. The van der Waals surface area contributed by atoms with E-state index in [1.807, 2.05) is 0 Å². The number of hydrogen-bond donors (Lipinski definition) is 0. The Morgan fingerprint density at radius 2 is 2.00 bits per heavy atom. The molecule has 0 spiro atoms. The first-order valence-electron chi connectivity index (χ1n) is 3.60. The Bertz CT molecular complexity index is 66.6. The maximum Gasteiger partial charge on any atom is -0.0351 e. The van der Waals surface area contributed by atoms with Gasteiger partial charge in [-0.1, -0.05) is 27.7 Å². The highest BCUT2D eigenvalue weighted by atomic mass is 14.2. The molecular weight excluding hydrogens is 108 g/mol. The number of rotatable bonds is 3. The lowest BCUT2D eigenvalue weighted by Gasteiger charge is -2.21. The molecule has 0 bridgehead atoms. The summed E-state index contributed by atoms with van der Waals surface area (Å²) < 4.78 is 0. The van der Waals surface area contributed by atoms with Crippen LogP contribution in [0.4, 0.5) is 0 Å². The third-order valence-corrected chi connectivity index (χ3v) is 1.44. The third kappa shape index (κ3) is 5.88. The number of hydrogen-bond acceptors (Lipinski definition) is 0. The van der Waals surface area contributed by atoms with Crippen molar-refractivity contribution in [3.8, 4) is 0 Å². The lowest BCUT2D eigenvalue weighted by Crippen LogP contribution is -2.10. The van der Waals surface area contributed by atoms with Crippen LogP contribution >= 0.6 is 0 Å². The van der Waals surface area contributed by atoms with Crippen molar-refractivity contribution in [2.24, 2.45) is 11.3 Å². The molecule has 0 aromatic heterocycles. The molecule has 0 aliphatic rings. The van der Waals surface area contributed by atoms with Gasteiger partial charge in [0.2, 0.25) is 0 Å². The minimum Gasteiger partial charge on any atom is -0.0622 e. The molecule has 0 amide bonds. The highest BCUT2D eigenvalue weighted by Crippen LogP contribution is 2.24. The Hall–Kier alpha value is 0. The molecule has 0 aromatic carbocycles. The molecule has 0 heteroatoms. The molecule has 54 valence electrons. The van der Waals surface area contributed by atoms with E-state index in [-0.39, 0.29) is 5.41 Å². The normalized spacial score (nSPS) is 15.7. The predicted molar refractivity (Wildman–Crippen MR) is 42.9 cm³/mol. The first-order chi connectivity index (χ1) is 3.95. The van der Waals surface area contributed by atoms with Gasteiger partial charge in [0.25, 0.3) is 0 Å². The maximum atomic E-state index is 4.04. The molecule has 0 aliphatic carbocycles. The minimum atomic E-state index is 0.242. The van der Waals surface area contributed by atoms with Crippen molar-refractivity contribution in [3.05, 3.63) is 13.3 Å². The van der Waals surface area contributed by atoms with Crippen LogP contribution in [0.3, 0.4) is 0 Å². The van der Waals surface area contributed by atoms with Crippen LogP contribution in [0.5, 0.6) is 0 Å². The van der Waals surface area contributed by atoms with Crippen LogP contribution in [0.15, 0.2) is 0 Å². The Labute approximate surface area is 59.7 Å². The van der Waals surface area contributed by atoms with Crippen LogP contribution < -0.4 is 0 Å². The van der Waals surface area contributed by atoms with E-state index in [1.165, 1.54) is 6.42 Å². The summed E-state index contributed by atoms with van der Waals surface area (Å²) >= 11 is 0. The molecule has 0 saturated heterocycles. The quantitative estimate of drug-likeness (QED) is 0.545.